The first-order chi connectivity index (χ1) is 11.6. The fourth-order valence-corrected chi connectivity index (χ4v) is 3.53. The zero-order valence-electron chi connectivity index (χ0n) is 13.2. The summed E-state index contributed by atoms with van der Waals surface area (Å²) in [5, 5.41) is 3.80. The van der Waals surface area contributed by atoms with Crippen LogP contribution in [0.25, 0.3) is 10.2 Å². The summed E-state index contributed by atoms with van der Waals surface area (Å²) in [5.74, 6) is -0.305. The molecule has 5 nitrogen and oxygen atoms in total. The highest BCUT2D eigenvalue weighted by atomic mass is 35.5. The molecule has 3 rings (SSSR count). The lowest BCUT2D eigenvalue weighted by atomic mass is 10.1. The van der Waals surface area contributed by atoms with Gasteiger partial charge in [-0.3, -0.25) is 4.79 Å². The van der Waals surface area contributed by atoms with Crippen molar-refractivity contribution in [1.82, 2.24) is 9.97 Å². The molecule has 124 valence electrons. The minimum Gasteiger partial charge on any atom is -0.397 e. The molecule has 3 N–H and O–H groups in total. The molecule has 0 saturated heterocycles. The molecule has 0 aliphatic carbocycles. The van der Waals surface area contributed by atoms with Crippen LogP contribution in [-0.2, 0) is 6.42 Å². The Bertz CT molecular complexity index is 893. The number of rotatable bonds is 5. The van der Waals surface area contributed by atoms with Crippen molar-refractivity contribution in [1.29, 1.82) is 0 Å². The lowest BCUT2D eigenvalue weighted by Gasteiger charge is -2.05. The van der Waals surface area contributed by atoms with Crippen molar-refractivity contribution >= 4 is 50.4 Å². The Morgan fingerprint density at radius 1 is 1.38 bits per heavy atom. The van der Waals surface area contributed by atoms with Gasteiger partial charge in [0.25, 0.3) is 5.91 Å². The topological polar surface area (TPSA) is 80.9 Å². The number of nitrogens with zero attached hydrogens (tertiary/aromatic N) is 2. The lowest BCUT2D eigenvalue weighted by molar-refractivity contribution is 0.103. The Morgan fingerprint density at radius 3 is 2.96 bits per heavy atom. The second-order valence-electron chi connectivity index (χ2n) is 5.40. The third kappa shape index (κ3) is 3.34. The van der Waals surface area contributed by atoms with E-state index in [0.29, 0.717) is 16.3 Å². The number of aryl methyl sites for hydroxylation is 1. The maximum atomic E-state index is 12.5. The maximum Gasteiger partial charge on any atom is 0.268 e. The van der Waals surface area contributed by atoms with Crippen LogP contribution in [0.4, 0.5) is 11.4 Å². The highest BCUT2D eigenvalue weighted by molar-refractivity contribution is 7.21. The molecule has 3 heterocycles. The predicted molar refractivity (Wildman–Crippen MR) is 99.8 cm³/mol. The molecule has 0 unspecified atom stereocenters. The minimum atomic E-state index is -0.305. The van der Waals surface area contributed by atoms with Gasteiger partial charge in [-0.15, -0.1) is 11.3 Å². The van der Waals surface area contributed by atoms with Gasteiger partial charge in [-0.05, 0) is 37.1 Å². The summed E-state index contributed by atoms with van der Waals surface area (Å²) in [6, 6.07) is 7.31. The van der Waals surface area contributed by atoms with Crippen molar-refractivity contribution in [3.05, 3.63) is 46.2 Å². The van der Waals surface area contributed by atoms with Gasteiger partial charge in [-0.1, -0.05) is 24.9 Å². The van der Waals surface area contributed by atoms with E-state index in [-0.39, 0.29) is 11.1 Å². The number of amides is 1. The second kappa shape index (κ2) is 7.15. The molecule has 3 aromatic heterocycles. The zero-order valence-corrected chi connectivity index (χ0v) is 14.7. The lowest BCUT2D eigenvalue weighted by Crippen LogP contribution is -2.12. The Hall–Kier alpha value is -2.18. The number of nitrogen functional groups attached to an aromatic ring is 1. The molecule has 0 bridgehead atoms. The smallest absolute Gasteiger partial charge is 0.268 e. The van der Waals surface area contributed by atoms with Gasteiger partial charge in [0.1, 0.15) is 9.71 Å². The number of hydrogen-bond acceptors (Lipinski definition) is 5. The molecular formula is C17H17ClN4OS. The predicted octanol–water partition coefficient (Wildman–Crippen LogP) is 4.52. The number of anilines is 2. The van der Waals surface area contributed by atoms with E-state index in [1.54, 1.807) is 18.3 Å². The van der Waals surface area contributed by atoms with E-state index in [2.05, 4.69) is 22.2 Å². The number of carbonyl (C=O) groups is 1. The SMILES string of the molecule is CCCCc1ccc2c(N)c(C(=O)Nc3cccnc3Cl)sc2n1. The van der Waals surface area contributed by atoms with Crippen molar-refractivity contribution in [3.8, 4) is 0 Å². The van der Waals surface area contributed by atoms with Crippen molar-refractivity contribution in [2.45, 2.75) is 26.2 Å². The van der Waals surface area contributed by atoms with E-state index in [1.165, 1.54) is 11.3 Å². The van der Waals surface area contributed by atoms with Crippen LogP contribution in [0, 0.1) is 0 Å². The van der Waals surface area contributed by atoms with Gasteiger partial charge in [-0.2, -0.15) is 0 Å². The average Bonchev–Trinajstić information content (AvgIpc) is 2.91. The molecule has 1 amide bonds. The second-order valence-corrected chi connectivity index (χ2v) is 6.76. The third-order valence-corrected chi connectivity index (χ3v) is 5.07. The number of nitrogens with two attached hydrogens (primary N) is 1. The molecule has 0 radical (unpaired) electrons. The summed E-state index contributed by atoms with van der Waals surface area (Å²) >= 11 is 7.27. The molecular weight excluding hydrogens is 344 g/mol. The van der Waals surface area contributed by atoms with Crippen LogP contribution in [0.3, 0.4) is 0 Å². The molecule has 24 heavy (non-hydrogen) atoms. The fraction of sp³-hybridized carbons (Fsp3) is 0.235. The first-order valence-electron chi connectivity index (χ1n) is 7.70. The summed E-state index contributed by atoms with van der Waals surface area (Å²) in [6.07, 6.45) is 4.70. The van der Waals surface area contributed by atoms with E-state index in [9.17, 15) is 4.79 Å². The molecule has 0 fully saturated rings. The van der Waals surface area contributed by atoms with Crippen molar-refractivity contribution in [2.24, 2.45) is 0 Å². The monoisotopic (exact) mass is 360 g/mol. The highest BCUT2D eigenvalue weighted by Crippen LogP contribution is 2.33. The number of fused-ring (bicyclic) bond motifs is 1. The maximum absolute atomic E-state index is 12.5. The molecule has 7 heteroatoms. The summed E-state index contributed by atoms with van der Waals surface area (Å²) in [7, 11) is 0. The molecule has 0 atom stereocenters. The number of aromatic nitrogens is 2. The molecule has 0 aliphatic rings. The van der Waals surface area contributed by atoms with Crippen LogP contribution < -0.4 is 11.1 Å². The normalized spacial score (nSPS) is 10.9. The number of carbonyl (C=O) groups excluding carboxylic acids is 1. The van der Waals surface area contributed by atoms with Crippen LogP contribution in [0.15, 0.2) is 30.5 Å². The van der Waals surface area contributed by atoms with Crippen LogP contribution in [0.1, 0.15) is 35.1 Å². The first-order valence-corrected chi connectivity index (χ1v) is 8.89. The fourth-order valence-electron chi connectivity index (χ4n) is 2.36. The van der Waals surface area contributed by atoms with E-state index in [1.807, 2.05) is 12.1 Å². The number of pyridine rings is 2. The number of hydrogen-bond donors (Lipinski definition) is 2. The van der Waals surface area contributed by atoms with E-state index in [0.717, 1.165) is 35.2 Å². The van der Waals surface area contributed by atoms with E-state index < -0.39 is 0 Å². The van der Waals surface area contributed by atoms with Crippen molar-refractivity contribution in [2.75, 3.05) is 11.1 Å². The van der Waals surface area contributed by atoms with Crippen molar-refractivity contribution < 1.29 is 4.79 Å². The number of unbranched alkanes of at least 4 members (excludes halogenated alkanes) is 1. The van der Waals surface area contributed by atoms with E-state index in [4.69, 9.17) is 17.3 Å². The summed E-state index contributed by atoms with van der Waals surface area (Å²) in [4.78, 5) is 22.3. The quantitative estimate of drug-likeness (QED) is 0.655. The van der Waals surface area contributed by atoms with Gasteiger partial charge in [0.05, 0.1) is 11.4 Å². The van der Waals surface area contributed by atoms with Gasteiger partial charge in [0.2, 0.25) is 0 Å². The Kier molecular flexibility index (Phi) is 4.97. The van der Waals surface area contributed by atoms with Gasteiger partial charge in [0.15, 0.2) is 5.15 Å². The summed E-state index contributed by atoms with van der Waals surface area (Å²) < 4.78 is 0. The Balaban J connectivity index is 1.90. The van der Waals surface area contributed by atoms with E-state index >= 15 is 0 Å². The van der Waals surface area contributed by atoms with Gasteiger partial charge >= 0.3 is 0 Å². The highest BCUT2D eigenvalue weighted by Gasteiger charge is 2.18. The number of nitrogens with one attached hydrogen (secondary N) is 1. The summed E-state index contributed by atoms with van der Waals surface area (Å²) in [5.41, 5.74) is 8.07. The van der Waals surface area contributed by atoms with Gasteiger partial charge < -0.3 is 11.1 Å². The zero-order chi connectivity index (χ0) is 17.1. The van der Waals surface area contributed by atoms with Crippen LogP contribution in [0.5, 0.6) is 0 Å². The molecule has 3 aromatic rings. The van der Waals surface area contributed by atoms with Crippen LogP contribution in [0.2, 0.25) is 5.15 Å². The molecule has 0 aliphatic heterocycles. The van der Waals surface area contributed by atoms with Crippen LogP contribution >= 0.6 is 22.9 Å². The molecule has 0 saturated carbocycles. The Morgan fingerprint density at radius 2 is 2.21 bits per heavy atom. The standard InChI is InChI=1S/C17H17ClN4OS/c1-2-3-5-10-7-8-11-13(19)14(24-17(11)21-10)16(23)22-12-6-4-9-20-15(12)18/h4,6-9H,2-3,5,19H2,1H3,(H,22,23). The van der Waals surface area contributed by atoms with Crippen molar-refractivity contribution in [3.63, 3.8) is 0 Å². The summed E-state index contributed by atoms with van der Waals surface area (Å²) in [6.45, 7) is 2.15. The third-order valence-electron chi connectivity index (χ3n) is 3.65. The van der Waals surface area contributed by atoms with Crippen LogP contribution in [-0.4, -0.2) is 15.9 Å². The number of halogens is 1. The Labute approximate surface area is 148 Å². The number of thiophene rings is 1. The molecule has 0 aromatic carbocycles. The minimum absolute atomic E-state index is 0.241. The largest absolute Gasteiger partial charge is 0.397 e. The van der Waals surface area contributed by atoms with Gasteiger partial charge in [-0.25, -0.2) is 9.97 Å². The molecule has 0 spiro atoms. The van der Waals surface area contributed by atoms with Gasteiger partial charge in [0, 0.05) is 17.3 Å². The average molecular weight is 361 g/mol. The first kappa shape index (κ1) is 16.7.